The third kappa shape index (κ3) is 5.88. The number of carbonyl (C=O) groups is 3. The predicted molar refractivity (Wildman–Crippen MR) is 176 cm³/mol. The van der Waals surface area contributed by atoms with Crippen LogP contribution in [-0.2, 0) is 9.59 Å². The fourth-order valence-electron chi connectivity index (χ4n) is 7.18. The molecule has 0 radical (unpaired) electrons. The summed E-state index contributed by atoms with van der Waals surface area (Å²) < 4.78 is 0. The molecule has 1 aromatic carbocycles. The highest BCUT2D eigenvalue weighted by Crippen LogP contribution is 2.66. The van der Waals surface area contributed by atoms with E-state index in [4.69, 9.17) is 0 Å². The van der Waals surface area contributed by atoms with Crippen LogP contribution in [-0.4, -0.2) is 32.7 Å². The summed E-state index contributed by atoms with van der Waals surface area (Å²) >= 11 is 0. The number of fused-ring (bicyclic) bond motifs is 2. The van der Waals surface area contributed by atoms with Crippen molar-refractivity contribution in [2.24, 2.45) is 28.1 Å². The third-order valence-corrected chi connectivity index (χ3v) is 10.0. The van der Waals surface area contributed by atoms with Gasteiger partial charge in [-0.05, 0) is 116 Å². The molecule has 6 nitrogen and oxygen atoms in total. The summed E-state index contributed by atoms with van der Waals surface area (Å²) in [5, 5.41) is 32.4. The van der Waals surface area contributed by atoms with Crippen LogP contribution in [0, 0.1) is 28.1 Å². The minimum atomic E-state index is -2.17. The van der Waals surface area contributed by atoms with Crippen molar-refractivity contribution in [1.82, 2.24) is 0 Å². The Kier molecular flexibility index (Phi) is 10.1. The van der Waals surface area contributed by atoms with Crippen molar-refractivity contribution in [3.63, 3.8) is 0 Å². The van der Waals surface area contributed by atoms with E-state index in [1.165, 1.54) is 12.1 Å². The number of aliphatic hydroxyl groups is 1. The lowest BCUT2D eigenvalue weighted by molar-refractivity contribution is -0.165. The number of aromatic hydroxyl groups is 2. The maximum atomic E-state index is 15.1. The zero-order valence-electron chi connectivity index (χ0n) is 27.8. The van der Waals surface area contributed by atoms with Crippen molar-refractivity contribution in [3.8, 4) is 11.5 Å². The summed E-state index contributed by atoms with van der Waals surface area (Å²) in [6.07, 6.45) is 6.38. The van der Waals surface area contributed by atoms with Crippen LogP contribution in [0.5, 0.6) is 11.5 Å². The highest BCUT2D eigenvalue weighted by atomic mass is 16.3. The summed E-state index contributed by atoms with van der Waals surface area (Å²) in [4.78, 5) is 44.9. The molecule has 1 fully saturated rings. The van der Waals surface area contributed by atoms with Crippen LogP contribution in [0.1, 0.15) is 104 Å². The Morgan fingerprint density at radius 3 is 2.11 bits per heavy atom. The Bertz CT molecular complexity index is 1480. The minimum Gasteiger partial charge on any atom is -0.511 e. The average molecular weight is 603 g/mol. The van der Waals surface area contributed by atoms with Crippen LogP contribution in [0.3, 0.4) is 0 Å². The van der Waals surface area contributed by atoms with Crippen molar-refractivity contribution in [2.45, 2.75) is 93.9 Å². The van der Waals surface area contributed by atoms with E-state index in [9.17, 15) is 24.9 Å². The van der Waals surface area contributed by atoms with E-state index in [1.807, 2.05) is 67.5 Å². The predicted octanol–water partition coefficient (Wildman–Crippen LogP) is 8.91. The van der Waals surface area contributed by atoms with E-state index < -0.39 is 45.1 Å². The van der Waals surface area contributed by atoms with E-state index in [2.05, 4.69) is 13.2 Å². The molecular weight excluding hydrogens is 552 g/mol. The molecule has 0 spiro atoms. The minimum absolute atomic E-state index is 0.0432. The Hall–Kier alpha value is -3.67. The van der Waals surface area contributed by atoms with Crippen LogP contribution in [0.2, 0.25) is 0 Å². The first kappa shape index (κ1) is 34.8. The number of allylic oxidation sites excluding steroid dienone is 8. The zero-order chi connectivity index (χ0) is 33.4. The smallest absolute Gasteiger partial charge is 0.184 e. The molecule has 2 aliphatic carbocycles. The molecule has 238 valence electrons. The SMILES string of the molecule is C=C(C)CC[C@@H](C[C@H]1C[C@]2(CC=C(C)C)C(=O)[C@](C(=O)c3ccc(O)c(O)c3)(C(=O)C(CC=C(C)C)=C2O)C1(C)C)C(=C)C. The number of phenols is 2. The molecule has 0 amide bonds. The number of rotatable bonds is 12. The number of ketones is 3. The molecule has 3 rings (SSSR count). The summed E-state index contributed by atoms with van der Waals surface area (Å²) in [5.41, 5.74) is -0.895. The molecule has 0 aromatic heterocycles. The highest BCUT2D eigenvalue weighted by Gasteiger charge is 2.75. The Balaban J connectivity index is 2.43. The lowest BCUT2D eigenvalue weighted by atomic mass is 9.39. The van der Waals surface area contributed by atoms with Gasteiger partial charge in [0.1, 0.15) is 5.76 Å². The molecular formula is C38H50O6. The first-order valence-electron chi connectivity index (χ1n) is 15.5. The van der Waals surface area contributed by atoms with Gasteiger partial charge in [-0.2, -0.15) is 0 Å². The lowest BCUT2D eigenvalue weighted by Crippen LogP contribution is -2.69. The van der Waals surface area contributed by atoms with Gasteiger partial charge in [-0.15, -0.1) is 6.58 Å². The first-order chi connectivity index (χ1) is 20.3. The largest absolute Gasteiger partial charge is 0.511 e. The standard InChI is InChI=1S/C38H50O6/c1-22(2)11-13-26(25(7)8)19-28-21-37(18-17-24(5)6)33(42)29(15-12-23(3)4)34(43)38(35(37)44,36(28,9)10)32(41)27-14-16-30(39)31(40)20-27/h12,14,16-17,20,26,28,39-40,42H,1,7,11,13,15,18-19,21H2,2-6,8-10H3/t26-,28-,37-,38-/m0/s1. The summed E-state index contributed by atoms with van der Waals surface area (Å²) in [6.45, 7) is 23.5. The van der Waals surface area contributed by atoms with Crippen LogP contribution >= 0.6 is 0 Å². The Labute approximate surface area is 263 Å². The first-order valence-corrected chi connectivity index (χ1v) is 15.5. The number of phenolic OH excluding ortho intramolecular Hbond substituents is 2. The molecule has 2 bridgehead atoms. The van der Waals surface area contributed by atoms with E-state index in [0.29, 0.717) is 6.42 Å². The van der Waals surface area contributed by atoms with Crippen molar-refractivity contribution in [1.29, 1.82) is 0 Å². The maximum absolute atomic E-state index is 15.1. The van der Waals surface area contributed by atoms with E-state index in [-0.39, 0.29) is 48.0 Å². The van der Waals surface area contributed by atoms with Gasteiger partial charge >= 0.3 is 0 Å². The van der Waals surface area contributed by atoms with Gasteiger partial charge in [0.05, 0.1) is 5.41 Å². The second kappa shape index (κ2) is 12.7. The molecule has 0 heterocycles. The number of aliphatic hydroxyl groups excluding tert-OH is 1. The number of hydrogen-bond donors (Lipinski definition) is 3. The zero-order valence-corrected chi connectivity index (χ0v) is 27.8. The Morgan fingerprint density at radius 1 is 0.977 bits per heavy atom. The topological polar surface area (TPSA) is 112 Å². The quantitative estimate of drug-likeness (QED) is 0.0953. The van der Waals surface area contributed by atoms with Gasteiger partial charge in [-0.1, -0.05) is 54.9 Å². The molecule has 1 saturated carbocycles. The highest BCUT2D eigenvalue weighted by molar-refractivity contribution is 6.36. The van der Waals surface area contributed by atoms with Crippen molar-refractivity contribution >= 4 is 17.3 Å². The van der Waals surface area contributed by atoms with Crippen molar-refractivity contribution in [3.05, 3.63) is 82.7 Å². The lowest BCUT2D eigenvalue weighted by Gasteiger charge is -2.60. The monoisotopic (exact) mass is 602 g/mol. The van der Waals surface area contributed by atoms with Crippen LogP contribution in [0.25, 0.3) is 0 Å². The average Bonchev–Trinajstić information content (AvgIpc) is 2.92. The molecule has 0 saturated heterocycles. The second-order valence-corrected chi connectivity index (χ2v) is 14.2. The second-order valence-electron chi connectivity index (χ2n) is 14.2. The van der Waals surface area contributed by atoms with Gasteiger partial charge in [0.25, 0.3) is 0 Å². The van der Waals surface area contributed by atoms with Gasteiger partial charge in [0, 0.05) is 11.1 Å². The van der Waals surface area contributed by atoms with Gasteiger partial charge in [0.2, 0.25) is 0 Å². The van der Waals surface area contributed by atoms with Gasteiger partial charge < -0.3 is 15.3 Å². The number of Topliss-reactive ketones (excluding diaryl/α,β-unsaturated/α-hetero) is 3. The molecule has 2 aliphatic rings. The van der Waals surface area contributed by atoms with Crippen LogP contribution in [0.4, 0.5) is 0 Å². The number of carbonyl (C=O) groups excluding carboxylic acids is 3. The fourth-order valence-corrected chi connectivity index (χ4v) is 7.18. The molecule has 1 aromatic rings. The van der Waals surface area contributed by atoms with E-state index in [1.54, 1.807) is 0 Å². The van der Waals surface area contributed by atoms with Crippen LogP contribution < -0.4 is 0 Å². The Morgan fingerprint density at radius 2 is 1.59 bits per heavy atom. The van der Waals surface area contributed by atoms with Gasteiger partial charge in [0.15, 0.2) is 34.3 Å². The third-order valence-electron chi connectivity index (χ3n) is 10.0. The molecule has 6 heteroatoms. The van der Waals surface area contributed by atoms with E-state index >= 15 is 4.79 Å². The van der Waals surface area contributed by atoms with E-state index in [0.717, 1.165) is 41.2 Å². The van der Waals surface area contributed by atoms with Gasteiger partial charge in [-0.25, -0.2) is 0 Å². The molecule has 44 heavy (non-hydrogen) atoms. The summed E-state index contributed by atoms with van der Waals surface area (Å²) in [5.74, 6) is -3.48. The van der Waals surface area contributed by atoms with Crippen LogP contribution in [0.15, 0.2) is 77.1 Å². The number of benzene rings is 1. The summed E-state index contributed by atoms with van der Waals surface area (Å²) in [6, 6.07) is 3.64. The number of hydrogen-bond acceptors (Lipinski definition) is 6. The molecule has 4 atom stereocenters. The fraction of sp³-hybridized carbons (Fsp3) is 0.500. The van der Waals surface area contributed by atoms with Crippen molar-refractivity contribution < 1.29 is 29.7 Å². The summed E-state index contributed by atoms with van der Waals surface area (Å²) in [7, 11) is 0. The molecule has 0 aliphatic heterocycles. The normalized spacial score (nSPS) is 24.9. The molecule has 0 unspecified atom stereocenters. The van der Waals surface area contributed by atoms with Gasteiger partial charge in [-0.3, -0.25) is 14.4 Å². The van der Waals surface area contributed by atoms with Crippen molar-refractivity contribution in [2.75, 3.05) is 0 Å². The molecule has 3 N–H and O–H groups in total. The maximum Gasteiger partial charge on any atom is 0.184 e.